The number of hydrogen-bond donors (Lipinski definition) is 0. The fourth-order valence-electron chi connectivity index (χ4n) is 3.66. The van der Waals surface area contributed by atoms with Gasteiger partial charge in [-0.1, -0.05) is 58.4 Å². The number of hydrogen-bond acceptors (Lipinski definition) is 4. The highest BCUT2D eigenvalue weighted by Gasteiger charge is 2.33. The van der Waals surface area contributed by atoms with Gasteiger partial charge in [0.05, 0.1) is 11.1 Å². The van der Waals surface area contributed by atoms with E-state index in [1.54, 1.807) is 12.1 Å². The summed E-state index contributed by atoms with van der Waals surface area (Å²) in [6.07, 6.45) is 1.78. The zero-order valence-electron chi connectivity index (χ0n) is 15.6. The van der Waals surface area contributed by atoms with E-state index in [0.29, 0.717) is 30.3 Å². The lowest BCUT2D eigenvalue weighted by Crippen LogP contribution is -2.31. The van der Waals surface area contributed by atoms with E-state index in [1.807, 2.05) is 48.5 Å². The molecule has 0 radical (unpaired) electrons. The minimum absolute atomic E-state index is 0.0918. The number of fused-ring (bicyclic) bond motifs is 3. The molecule has 0 unspecified atom stereocenters. The molecule has 3 aromatic rings. The van der Waals surface area contributed by atoms with Crippen LogP contribution in [0.2, 0.25) is 0 Å². The normalized spacial score (nSPS) is 16.9. The Morgan fingerprint density at radius 3 is 2.59 bits per heavy atom. The van der Waals surface area contributed by atoms with Gasteiger partial charge in [0, 0.05) is 17.6 Å². The number of nitrogens with zero attached hydrogens (tertiary/aromatic N) is 1. The topological polar surface area (TPSA) is 38.8 Å². The Morgan fingerprint density at radius 2 is 1.79 bits per heavy atom. The zero-order valence-corrected chi connectivity index (χ0v) is 17.2. The maximum absolute atomic E-state index is 12.9. The van der Waals surface area contributed by atoms with Gasteiger partial charge >= 0.3 is 0 Å². The quantitative estimate of drug-likeness (QED) is 0.502. The largest absolute Gasteiger partial charge is 0.478 e. The van der Waals surface area contributed by atoms with E-state index in [9.17, 15) is 4.79 Å². The summed E-state index contributed by atoms with van der Waals surface area (Å²) in [5.41, 5.74) is 3.66. The van der Waals surface area contributed by atoms with E-state index in [-0.39, 0.29) is 5.78 Å². The van der Waals surface area contributed by atoms with E-state index in [2.05, 4.69) is 33.0 Å². The first-order valence-corrected chi connectivity index (χ1v) is 10.2. The number of rotatable bonds is 3. The molecule has 5 heteroatoms. The Hall–Kier alpha value is -2.89. The van der Waals surface area contributed by atoms with Crippen LogP contribution in [0.4, 0.5) is 0 Å². The van der Waals surface area contributed by atoms with E-state index < -0.39 is 0 Å². The highest BCUT2D eigenvalue weighted by atomic mass is 79.9. The number of allylic oxidation sites excluding steroid dienone is 1. The van der Waals surface area contributed by atoms with Crippen LogP contribution in [0.3, 0.4) is 0 Å². The Morgan fingerprint density at radius 1 is 1.00 bits per heavy atom. The van der Waals surface area contributed by atoms with Crippen molar-refractivity contribution in [2.75, 3.05) is 6.73 Å². The molecule has 0 saturated heterocycles. The first-order valence-electron chi connectivity index (χ1n) is 9.42. The number of benzene rings is 3. The number of ketones is 1. The van der Waals surface area contributed by atoms with Crippen molar-refractivity contribution < 1.29 is 14.3 Å². The average molecular weight is 448 g/mol. The second kappa shape index (κ2) is 7.50. The lowest BCUT2D eigenvalue weighted by molar-refractivity contribution is 0.0873. The molecule has 29 heavy (non-hydrogen) atoms. The second-order valence-corrected chi connectivity index (χ2v) is 8.07. The molecule has 5 rings (SSSR count). The fraction of sp³-hybridized carbons (Fsp3) is 0.125. The van der Waals surface area contributed by atoms with Gasteiger partial charge in [0.15, 0.2) is 5.76 Å². The van der Waals surface area contributed by atoms with Gasteiger partial charge < -0.3 is 9.47 Å². The van der Waals surface area contributed by atoms with Crippen LogP contribution in [0.5, 0.6) is 11.5 Å². The predicted molar refractivity (Wildman–Crippen MR) is 115 cm³/mol. The van der Waals surface area contributed by atoms with Gasteiger partial charge in [-0.25, -0.2) is 0 Å². The zero-order chi connectivity index (χ0) is 19.8. The van der Waals surface area contributed by atoms with Crippen molar-refractivity contribution in [1.29, 1.82) is 0 Å². The third-order valence-corrected chi connectivity index (χ3v) is 5.63. The van der Waals surface area contributed by atoms with Crippen LogP contribution in [-0.4, -0.2) is 17.4 Å². The van der Waals surface area contributed by atoms with Crippen molar-refractivity contribution >= 4 is 27.8 Å². The molecule has 0 spiro atoms. The van der Waals surface area contributed by atoms with Gasteiger partial charge in [-0.05, 0) is 41.5 Å². The number of ether oxygens (including phenoxy) is 2. The highest BCUT2D eigenvalue weighted by Crippen LogP contribution is 2.42. The van der Waals surface area contributed by atoms with Gasteiger partial charge in [-0.2, -0.15) is 0 Å². The van der Waals surface area contributed by atoms with Crippen LogP contribution < -0.4 is 9.47 Å². The summed E-state index contributed by atoms with van der Waals surface area (Å²) in [6, 6.07) is 21.7. The van der Waals surface area contributed by atoms with Crippen LogP contribution in [0.15, 0.2) is 77.0 Å². The van der Waals surface area contributed by atoms with Crippen LogP contribution in [0.1, 0.15) is 27.0 Å². The molecule has 0 fully saturated rings. The molecule has 0 bridgehead atoms. The van der Waals surface area contributed by atoms with Gasteiger partial charge in [0.2, 0.25) is 5.78 Å². The Balaban J connectivity index is 1.43. The van der Waals surface area contributed by atoms with Crippen molar-refractivity contribution in [3.8, 4) is 11.5 Å². The molecule has 144 valence electrons. The summed E-state index contributed by atoms with van der Waals surface area (Å²) in [5.74, 6) is 1.65. The summed E-state index contributed by atoms with van der Waals surface area (Å²) >= 11 is 3.43. The molecule has 2 aliphatic heterocycles. The summed E-state index contributed by atoms with van der Waals surface area (Å²) in [6.45, 7) is 1.96. The Kier molecular flexibility index (Phi) is 4.70. The van der Waals surface area contributed by atoms with Crippen LogP contribution >= 0.6 is 15.9 Å². The molecule has 3 aromatic carbocycles. The van der Waals surface area contributed by atoms with E-state index in [4.69, 9.17) is 9.47 Å². The standard InChI is InChI=1S/C24H18BrNO3/c25-18-8-6-16(7-9-18)12-22-23(27)19-10-11-21-20(24(19)29-22)14-26(15-28-21)13-17-4-2-1-3-5-17/h1-12H,13-15H2/b22-12-. The lowest BCUT2D eigenvalue weighted by atomic mass is 10.0. The van der Waals surface area contributed by atoms with Gasteiger partial charge in [-0.3, -0.25) is 9.69 Å². The summed E-state index contributed by atoms with van der Waals surface area (Å²) < 4.78 is 13.0. The number of halogens is 1. The smallest absolute Gasteiger partial charge is 0.231 e. The van der Waals surface area contributed by atoms with Gasteiger partial charge in [-0.15, -0.1) is 0 Å². The molecule has 0 atom stereocenters. The van der Waals surface area contributed by atoms with Crippen LogP contribution in [0, 0.1) is 0 Å². The van der Waals surface area contributed by atoms with Crippen molar-refractivity contribution in [1.82, 2.24) is 4.90 Å². The highest BCUT2D eigenvalue weighted by molar-refractivity contribution is 9.10. The molecule has 2 aliphatic rings. The third-order valence-electron chi connectivity index (χ3n) is 5.10. The SMILES string of the molecule is O=C1/C(=C/c2ccc(Br)cc2)Oc2c1ccc1c2CN(Cc2ccccc2)CO1. The van der Waals surface area contributed by atoms with Crippen LogP contribution in [-0.2, 0) is 13.1 Å². The van der Waals surface area contributed by atoms with Crippen molar-refractivity contribution in [2.45, 2.75) is 13.1 Å². The molecule has 2 heterocycles. The molecule has 0 amide bonds. The molecular formula is C24H18BrNO3. The first-order chi connectivity index (χ1) is 14.2. The summed E-state index contributed by atoms with van der Waals surface area (Å²) in [5, 5.41) is 0. The van der Waals surface area contributed by atoms with Crippen molar-refractivity contribution in [3.05, 3.63) is 99.2 Å². The van der Waals surface area contributed by atoms with E-state index >= 15 is 0 Å². The molecule has 0 saturated carbocycles. The van der Waals surface area contributed by atoms with Gasteiger partial charge in [0.25, 0.3) is 0 Å². The maximum Gasteiger partial charge on any atom is 0.231 e. The van der Waals surface area contributed by atoms with Crippen molar-refractivity contribution in [3.63, 3.8) is 0 Å². The van der Waals surface area contributed by atoms with Gasteiger partial charge in [0.1, 0.15) is 18.2 Å². The first kappa shape index (κ1) is 18.2. The third kappa shape index (κ3) is 3.59. The minimum Gasteiger partial charge on any atom is -0.478 e. The lowest BCUT2D eigenvalue weighted by Gasteiger charge is -2.29. The maximum atomic E-state index is 12.9. The monoisotopic (exact) mass is 447 g/mol. The van der Waals surface area contributed by atoms with E-state index in [1.165, 1.54) is 5.56 Å². The molecule has 0 aliphatic carbocycles. The second-order valence-electron chi connectivity index (χ2n) is 7.16. The van der Waals surface area contributed by atoms with E-state index in [0.717, 1.165) is 27.9 Å². The van der Waals surface area contributed by atoms with Crippen LogP contribution in [0.25, 0.3) is 6.08 Å². The molecule has 0 aromatic heterocycles. The number of carbonyl (C=O) groups excluding carboxylic acids is 1. The number of Topliss-reactive ketones (excluding diaryl/α,β-unsaturated/α-hetero) is 1. The summed E-state index contributed by atoms with van der Waals surface area (Å²) in [7, 11) is 0. The molecular weight excluding hydrogens is 430 g/mol. The Labute approximate surface area is 177 Å². The summed E-state index contributed by atoms with van der Waals surface area (Å²) in [4.78, 5) is 15.1. The number of carbonyl (C=O) groups is 1. The Bertz CT molecular complexity index is 1110. The fourth-order valence-corrected chi connectivity index (χ4v) is 3.92. The average Bonchev–Trinajstić information content (AvgIpc) is 3.06. The van der Waals surface area contributed by atoms with Crippen molar-refractivity contribution in [2.24, 2.45) is 0 Å². The predicted octanol–water partition coefficient (Wildman–Crippen LogP) is 5.42. The molecule has 0 N–H and O–H groups in total. The minimum atomic E-state index is -0.0918. The molecule has 4 nitrogen and oxygen atoms in total.